The molecule has 2 heterocycles. The molecule has 0 radical (unpaired) electrons. The van der Waals surface area contributed by atoms with E-state index >= 15 is 0 Å². The van der Waals surface area contributed by atoms with Gasteiger partial charge in [0.15, 0.2) is 5.70 Å². The van der Waals surface area contributed by atoms with Crippen LogP contribution in [0.15, 0.2) is 68.6 Å². The van der Waals surface area contributed by atoms with Crippen LogP contribution in [-0.2, 0) is 24.3 Å². The first kappa shape index (κ1) is 20.0. The molecule has 0 atom stereocenters. The standard InChI is InChI=1S/C20H17BrN2O5S/c21-16-5-1-14(2-6-16)13-18-20(24)28-19(22-18)15-3-7-17(8-4-15)29(25,26)23-9-11-27-12-10-23/h1-8,13H,9-12H2/b18-13+. The Labute approximate surface area is 176 Å². The predicted octanol–water partition coefficient (Wildman–Crippen LogP) is 2.81. The molecule has 150 valence electrons. The number of benzene rings is 2. The molecule has 1 fully saturated rings. The Morgan fingerprint density at radius 1 is 1.00 bits per heavy atom. The lowest BCUT2D eigenvalue weighted by atomic mass is 10.2. The minimum absolute atomic E-state index is 0.147. The molecule has 29 heavy (non-hydrogen) atoms. The molecule has 9 heteroatoms. The van der Waals surface area contributed by atoms with Crippen molar-refractivity contribution in [2.45, 2.75) is 4.90 Å². The number of halogens is 1. The van der Waals surface area contributed by atoms with Gasteiger partial charge in [0.2, 0.25) is 15.9 Å². The van der Waals surface area contributed by atoms with E-state index in [0.717, 1.165) is 10.0 Å². The molecule has 0 saturated carbocycles. The number of morpholine rings is 1. The highest BCUT2D eigenvalue weighted by molar-refractivity contribution is 9.10. The summed E-state index contributed by atoms with van der Waals surface area (Å²) in [5.74, 6) is -0.401. The van der Waals surface area contributed by atoms with Crippen molar-refractivity contribution < 1.29 is 22.7 Å². The van der Waals surface area contributed by atoms with Gasteiger partial charge in [-0.3, -0.25) is 0 Å². The second-order valence-corrected chi connectivity index (χ2v) is 9.28. The van der Waals surface area contributed by atoms with Gasteiger partial charge >= 0.3 is 5.97 Å². The molecule has 0 unspecified atom stereocenters. The van der Waals surface area contributed by atoms with Gasteiger partial charge in [-0.1, -0.05) is 28.1 Å². The van der Waals surface area contributed by atoms with Gasteiger partial charge in [-0.05, 0) is 48.0 Å². The van der Waals surface area contributed by atoms with E-state index in [9.17, 15) is 13.2 Å². The van der Waals surface area contributed by atoms with Gasteiger partial charge in [-0.2, -0.15) is 4.31 Å². The van der Waals surface area contributed by atoms with Gasteiger partial charge < -0.3 is 9.47 Å². The summed E-state index contributed by atoms with van der Waals surface area (Å²) in [6, 6.07) is 13.6. The normalized spacial score (nSPS) is 19.3. The first-order chi connectivity index (χ1) is 13.9. The lowest BCUT2D eigenvalue weighted by molar-refractivity contribution is -0.129. The van der Waals surface area contributed by atoms with Crippen LogP contribution in [0, 0.1) is 0 Å². The summed E-state index contributed by atoms with van der Waals surface area (Å²) in [6.45, 7) is 1.44. The molecule has 0 spiro atoms. The van der Waals surface area contributed by atoms with Crippen LogP contribution in [0.2, 0.25) is 0 Å². The maximum Gasteiger partial charge on any atom is 0.363 e. The zero-order valence-corrected chi connectivity index (χ0v) is 17.6. The number of nitrogens with zero attached hydrogens (tertiary/aromatic N) is 2. The van der Waals surface area contributed by atoms with E-state index in [-0.39, 0.29) is 16.5 Å². The van der Waals surface area contributed by atoms with E-state index < -0.39 is 16.0 Å². The monoisotopic (exact) mass is 476 g/mol. The van der Waals surface area contributed by atoms with E-state index in [1.807, 2.05) is 24.3 Å². The molecule has 2 aliphatic rings. The number of aliphatic imine (C=N–C) groups is 1. The third-order valence-corrected chi connectivity index (χ3v) is 6.94. The van der Waals surface area contributed by atoms with Gasteiger partial charge in [0.1, 0.15) is 0 Å². The van der Waals surface area contributed by atoms with E-state index in [0.29, 0.717) is 31.9 Å². The molecular formula is C20H17BrN2O5S. The van der Waals surface area contributed by atoms with E-state index in [1.54, 1.807) is 18.2 Å². The van der Waals surface area contributed by atoms with Crippen molar-refractivity contribution in [1.29, 1.82) is 0 Å². The van der Waals surface area contributed by atoms with Gasteiger partial charge in [0, 0.05) is 23.1 Å². The molecule has 1 saturated heterocycles. The van der Waals surface area contributed by atoms with Gasteiger partial charge in [0.05, 0.1) is 18.1 Å². The number of ether oxygens (including phenoxy) is 2. The highest BCUT2D eigenvalue weighted by atomic mass is 79.9. The molecule has 2 aromatic carbocycles. The van der Waals surface area contributed by atoms with E-state index in [1.165, 1.54) is 16.4 Å². The molecule has 0 aromatic heterocycles. The Morgan fingerprint density at radius 3 is 2.31 bits per heavy atom. The second-order valence-electron chi connectivity index (χ2n) is 6.43. The quantitative estimate of drug-likeness (QED) is 0.500. The van der Waals surface area contributed by atoms with E-state index in [2.05, 4.69) is 20.9 Å². The minimum atomic E-state index is -3.58. The first-order valence-electron chi connectivity index (χ1n) is 8.90. The van der Waals surface area contributed by atoms with Crippen molar-refractivity contribution in [1.82, 2.24) is 4.31 Å². The third kappa shape index (κ3) is 4.32. The zero-order chi connectivity index (χ0) is 20.4. The zero-order valence-electron chi connectivity index (χ0n) is 15.2. The summed E-state index contributed by atoms with van der Waals surface area (Å²) >= 11 is 3.36. The second kappa shape index (κ2) is 8.19. The van der Waals surface area contributed by atoms with Crippen LogP contribution in [0.25, 0.3) is 6.08 Å². The van der Waals surface area contributed by atoms with Crippen LogP contribution < -0.4 is 0 Å². The lowest BCUT2D eigenvalue weighted by Crippen LogP contribution is -2.40. The fraction of sp³-hybridized carbons (Fsp3) is 0.200. The number of esters is 1. The highest BCUT2D eigenvalue weighted by Crippen LogP contribution is 2.22. The maximum absolute atomic E-state index is 12.7. The molecule has 0 bridgehead atoms. The van der Waals surface area contributed by atoms with Crippen molar-refractivity contribution in [3.05, 3.63) is 69.8 Å². The average Bonchev–Trinajstić information content (AvgIpc) is 3.11. The number of hydrogen-bond donors (Lipinski definition) is 0. The van der Waals surface area contributed by atoms with Crippen molar-refractivity contribution >= 4 is 43.9 Å². The topological polar surface area (TPSA) is 85.3 Å². The molecule has 2 aromatic rings. The minimum Gasteiger partial charge on any atom is -0.402 e. The summed E-state index contributed by atoms with van der Waals surface area (Å²) in [7, 11) is -3.58. The maximum atomic E-state index is 12.7. The van der Waals surface area contributed by atoms with E-state index in [4.69, 9.17) is 9.47 Å². The Bertz CT molecular complexity index is 1090. The molecule has 0 aliphatic carbocycles. The van der Waals surface area contributed by atoms with Crippen molar-refractivity contribution in [3.63, 3.8) is 0 Å². The van der Waals surface area contributed by atoms with Crippen LogP contribution >= 0.6 is 15.9 Å². The summed E-state index contributed by atoms with van der Waals surface area (Å²) in [6.07, 6.45) is 1.64. The molecule has 4 rings (SSSR count). The Balaban J connectivity index is 1.56. The largest absolute Gasteiger partial charge is 0.402 e. The summed E-state index contributed by atoms with van der Waals surface area (Å²) in [5.41, 5.74) is 1.53. The van der Waals surface area contributed by atoms with Crippen molar-refractivity contribution in [2.24, 2.45) is 4.99 Å². The number of carbonyl (C=O) groups is 1. The molecule has 2 aliphatic heterocycles. The molecule has 7 nitrogen and oxygen atoms in total. The van der Waals surface area contributed by atoms with Gasteiger partial charge in [-0.15, -0.1) is 0 Å². The number of carbonyl (C=O) groups excluding carboxylic acids is 1. The van der Waals surface area contributed by atoms with Crippen molar-refractivity contribution in [2.75, 3.05) is 26.3 Å². The Morgan fingerprint density at radius 2 is 1.66 bits per heavy atom. The highest BCUT2D eigenvalue weighted by Gasteiger charge is 2.28. The van der Waals surface area contributed by atoms with Crippen LogP contribution in [-0.4, -0.2) is 50.9 Å². The smallest absolute Gasteiger partial charge is 0.363 e. The first-order valence-corrected chi connectivity index (χ1v) is 11.1. The van der Waals surface area contributed by atoms with Crippen LogP contribution in [0.4, 0.5) is 0 Å². The molecule has 0 N–H and O–H groups in total. The SMILES string of the molecule is O=C1OC(c2ccc(S(=O)(=O)N3CCOCC3)cc2)=N/C1=C/c1ccc(Br)cc1. The molecular weight excluding hydrogens is 460 g/mol. The number of sulfonamides is 1. The molecule has 0 amide bonds. The van der Waals surface area contributed by atoms with Crippen LogP contribution in [0.1, 0.15) is 11.1 Å². The number of rotatable bonds is 4. The summed E-state index contributed by atoms with van der Waals surface area (Å²) in [5, 5.41) is 0. The summed E-state index contributed by atoms with van der Waals surface area (Å²) in [4.78, 5) is 16.6. The van der Waals surface area contributed by atoms with Crippen LogP contribution in [0.3, 0.4) is 0 Å². The van der Waals surface area contributed by atoms with Gasteiger partial charge in [-0.25, -0.2) is 18.2 Å². The Hall–Kier alpha value is -2.33. The van der Waals surface area contributed by atoms with Crippen LogP contribution in [0.5, 0.6) is 0 Å². The lowest BCUT2D eigenvalue weighted by Gasteiger charge is -2.26. The number of hydrogen-bond acceptors (Lipinski definition) is 6. The predicted molar refractivity (Wildman–Crippen MR) is 111 cm³/mol. The fourth-order valence-electron chi connectivity index (χ4n) is 2.96. The summed E-state index contributed by atoms with van der Waals surface area (Å²) < 4.78 is 38.2. The van der Waals surface area contributed by atoms with Gasteiger partial charge in [0.25, 0.3) is 0 Å². The van der Waals surface area contributed by atoms with Crippen molar-refractivity contribution in [3.8, 4) is 0 Å². The number of cyclic esters (lactones) is 1. The average molecular weight is 477 g/mol. The third-order valence-electron chi connectivity index (χ3n) is 4.50. The Kier molecular flexibility index (Phi) is 5.64. The fourth-order valence-corrected chi connectivity index (χ4v) is 4.63.